The Bertz CT molecular complexity index is 819. The van der Waals surface area contributed by atoms with Gasteiger partial charge < -0.3 is 9.47 Å². The highest BCUT2D eigenvalue weighted by molar-refractivity contribution is 7.16. The molecule has 0 bridgehead atoms. The lowest BCUT2D eigenvalue weighted by Crippen LogP contribution is -2.41. The van der Waals surface area contributed by atoms with Crippen LogP contribution in [0.1, 0.15) is 60.2 Å². The lowest BCUT2D eigenvalue weighted by Gasteiger charge is -2.30. The van der Waals surface area contributed by atoms with E-state index in [0.29, 0.717) is 5.69 Å². The first-order valence-electron chi connectivity index (χ1n) is 8.63. The largest absolute Gasteiger partial charge is 0.534 e. The number of carbonyl (C=O) groups is 2. The van der Waals surface area contributed by atoms with Gasteiger partial charge in [-0.3, -0.25) is 4.84 Å². The second-order valence-corrected chi connectivity index (χ2v) is 8.98. The quantitative estimate of drug-likeness (QED) is 0.497. The number of amides is 1. The number of hydrogen-bond acceptors (Lipinski definition) is 7. The van der Waals surface area contributed by atoms with Crippen LogP contribution in [0.4, 0.5) is 9.59 Å². The van der Waals surface area contributed by atoms with Crippen molar-refractivity contribution in [2.75, 3.05) is 0 Å². The maximum absolute atomic E-state index is 12.6. The number of aromatic nitrogens is 1. The summed E-state index contributed by atoms with van der Waals surface area (Å²) >= 11 is 1.49. The highest BCUT2D eigenvalue weighted by atomic mass is 32.1. The van der Waals surface area contributed by atoms with Crippen LogP contribution in [0, 0.1) is 0 Å². The first-order chi connectivity index (χ1) is 12.4. The zero-order valence-electron chi connectivity index (χ0n) is 16.7. The van der Waals surface area contributed by atoms with Crippen molar-refractivity contribution in [2.45, 2.75) is 65.7 Å². The number of fused-ring (bicyclic) bond motifs is 1. The Hall–Kier alpha value is -2.35. The summed E-state index contributed by atoms with van der Waals surface area (Å²) in [6.45, 7) is 12.0. The smallest absolute Gasteiger partial charge is 0.442 e. The number of carbonyl (C=O) groups excluding carboxylic acids is 2. The number of rotatable bonds is 2. The van der Waals surface area contributed by atoms with Crippen molar-refractivity contribution in [3.05, 3.63) is 29.3 Å². The summed E-state index contributed by atoms with van der Waals surface area (Å²) in [4.78, 5) is 35.4. The number of ether oxygens (including phenoxy) is 2. The molecule has 0 fully saturated rings. The SMILES string of the molecule is CC(c1ccc2ccsc2n1)N(OC(=O)OC(C)(C)C)C(=O)OC(C)(C)C. The molecule has 8 heteroatoms. The molecule has 0 saturated carbocycles. The first kappa shape index (κ1) is 21.0. The fourth-order valence-corrected chi connectivity index (χ4v) is 2.92. The zero-order valence-corrected chi connectivity index (χ0v) is 17.5. The fourth-order valence-electron chi connectivity index (χ4n) is 2.14. The number of hydrogen-bond donors (Lipinski definition) is 0. The molecule has 1 atom stereocenters. The van der Waals surface area contributed by atoms with Gasteiger partial charge in [-0.05, 0) is 66.0 Å². The van der Waals surface area contributed by atoms with Gasteiger partial charge in [0.2, 0.25) is 0 Å². The zero-order chi connectivity index (χ0) is 20.4. The predicted molar refractivity (Wildman–Crippen MR) is 103 cm³/mol. The monoisotopic (exact) mass is 394 g/mol. The van der Waals surface area contributed by atoms with Crippen LogP contribution in [0.15, 0.2) is 23.6 Å². The van der Waals surface area contributed by atoms with E-state index in [1.54, 1.807) is 54.5 Å². The molecule has 0 N–H and O–H groups in total. The second kappa shape index (κ2) is 7.72. The van der Waals surface area contributed by atoms with E-state index in [4.69, 9.17) is 14.3 Å². The standard InChI is InChI=1S/C19H26N2O5S/c1-12(14-9-8-13-10-11-27-15(13)20-14)21(16(22)24-18(2,3)4)26-17(23)25-19(5,6)7/h8-12H,1-7H3. The van der Waals surface area contributed by atoms with Crippen LogP contribution in [0.2, 0.25) is 0 Å². The maximum Gasteiger partial charge on any atom is 0.534 e. The van der Waals surface area contributed by atoms with Gasteiger partial charge in [-0.25, -0.2) is 14.6 Å². The maximum atomic E-state index is 12.6. The Morgan fingerprint density at radius 2 is 1.67 bits per heavy atom. The summed E-state index contributed by atoms with van der Waals surface area (Å²) in [5.74, 6) is 0. The molecule has 2 aromatic heterocycles. The van der Waals surface area contributed by atoms with E-state index in [9.17, 15) is 9.59 Å². The van der Waals surface area contributed by atoms with Crippen molar-refractivity contribution in [3.8, 4) is 0 Å². The highest BCUT2D eigenvalue weighted by Crippen LogP contribution is 2.26. The van der Waals surface area contributed by atoms with Gasteiger partial charge in [0.15, 0.2) is 0 Å². The molecule has 2 aromatic rings. The van der Waals surface area contributed by atoms with E-state index < -0.39 is 29.5 Å². The van der Waals surface area contributed by atoms with Crippen LogP contribution in [0.5, 0.6) is 0 Å². The van der Waals surface area contributed by atoms with Gasteiger partial charge >= 0.3 is 12.2 Å². The number of nitrogens with zero attached hydrogens (tertiary/aromatic N) is 2. The molecule has 7 nitrogen and oxygen atoms in total. The molecular formula is C19H26N2O5S. The third-order valence-electron chi connectivity index (χ3n) is 3.25. The highest BCUT2D eigenvalue weighted by Gasteiger charge is 2.33. The second-order valence-electron chi connectivity index (χ2n) is 8.09. The summed E-state index contributed by atoms with van der Waals surface area (Å²) in [6.07, 6.45) is -1.79. The van der Waals surface area contributed by atoms with Gasteiger partial charge in [0, 0.05) is 5.39 Å². The summed E-state index contributed by atoms with van der Waals surface area (Å²) < 4.78 is 10.5. The molecule has 1 amide bonds. The molecule has 0 saturated heterocycles. The normalized spacial score (nSPS) is 13.1. The molecular weight excluding hydrogens is 368 g/mol. The minimum atomic E-state index is -0.989. The van der Waals surface area contributed by atoms with E-state index in [0.717, 1.165) is 15.3 Å². The van der Waals surface area contributed by atoms with E-state index in [1.807, 2.05) is 17.5 Å². The molecule has 27 heavy (non-hydrogen) atoms. The van der Waals surface area contributed by atoms with Crippen LogP contribution >= 0.6 is 11.3 Å². The minimum Gasteiger partial charge on any atom is -0.442 e. The van der Waals surface area contributed by atoms with Gasteiger partial charge in [-0.15, -0.1) is 16.4 Å². The van der Waals surface area contributed by atoms with Gasteiger partial charge in [0.25, 0.3) is 0 Å². The Labute approximate surface area is 163 Å². The van der Waals surface area contributed by atoms with Crippen LogP contribution in [0.3, 0.4) is 0 Å². The van der Waals surface area contributed by atoms with Gasteiger partial charge in [-0.1, -0.05) is 6.07 Å². The molecule has 0 radical (unpaired) electrons. The summed E-state index contributed by atoms with van der Waals surface area (Å²) in [6, 6.07) is 4.99. The Morgan fingerprint density at radius 3 is 2.26 bits per heavy atom. The average molecular weight is 394 g/mol. The molecule has 1 unspecified atom stereocenters. The van der Waals surface area contributed by atoms with E-state index in [-0.39, 0.29) is 0 Å². The molecule has 148 valence electrons. The Balaban J connectivity index is 2.28. The number of pyridine rings is 1. The first-order valence-corrected chi connectivity index (χ1v) is 9.51. The molecule has 0 aliphatic carbocycles. The van der Waals surface area contributed by atoms with Crippen molar-refractivity contribution in [2.24, 2.45) is 0 Å². The lowest BCUT2D eigenvalue weighted by atomic mass is 10.2. The van der Waals surface area contributed by atoms with Gasteiger partial charge in [0.1, 0.15) is 22.1 Å². The van der Waals surface area contributed by atoms with Gasteiger partial charge in [0.05, 0.1) is 5.69 Å². The predicted octanol–water partition coefficient (Wildman–Crippen LogP) is 5.46. The van der Waals surface area contributed by atoms with Crippen LogP contribution in [0.25, 0.3) is 10.2 Å². The van der Waals surface area contributed by atoms with Crippen LogP contribution < -0.4 is 0 Å². The minimum absolute atomic E-state index is 0.569. The van der Waals surface area contributed by atoms with Crippen molar-refractivity contribution in [1.82, 2.24) is 10.0 Å². The topological polar surface area (TPSA) is 78.0 Å². The number of hydroxylamine groups is 2. The van der Waals surface area contributed by atoms with Crippen LogP contribution in [-0.4, -0.2) is 33.5 Å². The Kier molecular flexibility index (Phi) is 5.99. The lowest BCUT2D eigenvalue weighted by molar-refractivity contribution is -0.154. The third-order valence-corrected chi connectivity index (χ3v) is 4.08. The summed E-state index contributed by atoms with van der Waals surface area (Å²) in [7, 11) is 0. The van der Waals surface area contributed by atoms with Crippen molar-refractivity contribution >= 4 is 33.8 Å². The number of thiophene rings is 1. The summed E-state index contributed by atoms with van der Waals surface area (Å²) in [5, 5.41) is 3.81. The van der Waals surface area contributed by atoms with E-state index in [2.05, 4.69) is 4.98 Å². The third kappa shape index (κ3) is 6.09. The summed E-state index contributed by atoms with van der Waals surface area (Å²) in [5.41, 5.74) is -0.940. The van der Waals surface area contributed by atoms with Crippen molar-refractivity contribution in [1.29, 1.82) is 0 Å². The molecule has 0 aliphatic rings. The van der Waals surface area contributed by atoms with Gasteiger partial charge in [-0.2, -0.15) is 0 Å². The Morgan fingerprint density at radius 1 is 1.04 bits per heavy atom. The van der Waals surface area contributed by atoms with E-state index in [1.165, 1.54) is 11.3 Å². The van der Waals surface area contributed by atoms with Crippen LogP contribution in [-0.2, 0) is 14.3 Å². The molecule has 0 spiro atoms. The molecule has 0 aliphatic heterocycles. The van der Waals surface area contributed by atoms with E-state index >= 15 is 0 Å². The fraction of sp³-hybridized carbons (Fsp3) is 0.526. The van der Waals surface area contributed by atoms with Crippen molar-refractivity contribution < 1.29 is 23.9 Å². The molecule has 0 aromatic carbocycles. The average Bonchev–Trinajstić information content (AvgIpc) is 2.95. The molecule has 2 rings (SSSR count). The van der Waals surface area contributed by atoms with Crippen molar-refractivity contribution in [3.63, 3.8) is 0 Å². The molecule has 2 heterocycles.